The third-order valence-corrected chi connectivity index (χ3v) is 5.08. The van der Waals surface area contributed by atoms with E-state index in [-0.39, 0.29) is 4.90 Å². The number of sulfonamides is 1. The summed E-state index contributed by atoms with van der Waals surface area (Å²) in [6.45, 7) is 0. The largest absolute Gasteiger partial charge is 0.277 e. The van der Waals surface area contributed by atoms with Crippen LogP contribution in [0.2, 0.25) is 0 Å². The van der Waals surface area contributed by atoms with E-state index in [1.54, 1.807) is 54.5 Å². The summed E-state index contributed by atoms with van der Waals surface area (Å²) in [6, 6.07) is 10.7. The van der Waals surface area contributed by atoms with E-state index in [9.17, 15) is 8.42 Å². The average molecular weight is 354 g/mol. The molecule has 0 saturated heterocycles. The summed E-state index contributed by atoms with van der Waals surface area (Å²) in [7, 11) is -2.03. The van der Waals surface area contributed by atoms with Gasteiger partial charge in [-0.1, -0.05) is 18.2 Å². The van der Waals surface area contributed by atoms with Gasteiger partial charge in [0.25, 0.3) is 10.0 Å². The molecule has 0 radical (unpaired) electrons. The molecule has 0 aliphatic heterocycles. The van der Waals surface area contributed by atoms with Crippen molar-refractivity contribution in [2.45, 2.75) is 4.90 Å². The molecule has 0 saturated carbocycles. The highest BCUT2D eigenvalue weighted by atomic mass is 32.2. The van der Waals surface area contributed by atoms with Crippen molar-refractivity contribution in [3.8, 4) is 5.82 Å². The molecular formula is C16H14N6O2S. The third kappa shape index (κ3) is 2.74. The SMILES string of the molecule is Cn1ncc2cccc(NS(=O)(=O)c3cnn(-c4ccccn4)c3)c21. The van der Waals surface area contributed by atoms with Gasteiger partial charge in [-0.05, 0) is 18.2 Å². The van der Waals surface area contributed by atoms with E-state index in [4.69, 9.17) is 0 Å². The maximum absolute atomic E-state index is 12.7. The number of hydrogen-bond donors (Lipinski definition) is 1. The quantitative estimate of drug-likeness (QED) is 0.604. The van der Waals surface area contributed by atoms with E-state index >= 15 is 0 Å². The molecule has 3 aromatic heterocycles. The Hall–Kier alpha value is -3.20. The van der Waals surface area contributed by atoms with Crippen molar-refractivity contribution >= 4 is 26.6 Å². The summed E-state index contributed by atoms with van der Waals surface area (Å²) < 4.78 is 31.1. The van der Waals surface area contributed by atoms with Crippen LogP contribution in [0.1, 0.15) is 0 Å². The van der Waals surface area contributed by atoms with Crippen LogP contribution >= 0.6 is 0 Å². The Morgan fingerprint density at radius 2 is 1.92 bits per heavy atom. The van der Waals surface area contributed by atoms with E-state index in [2.05, 4.69) is 19.9 Å². The Kier molecular flexibility index (Phi) is 3.50. The van der Waals surface area contributed by atoms with E-state index in [0.29, 0.717) is 17.0 Å². The standard InChI is InChI=1S/C16H14N6O2S/c1-21-16-12(9-18-21)5-4-6-14(16)20-25(23,24)13-10-19-22(11-13)15-7-2-3-8-17-15/h2-11,20H,1H3. The second kappa shape index (κ2) is 5.71. The summed E-state index contributed by atoms with van der Waals surface area (Å²) >= 11 is 0. The van der Waals surface area contributed by atoms with Crippen molar-refractivity contribution in [3.63, 3.8) is 0 Å². The number of fused-ring (bicyclic) bond motifs is 1. The monoisotopic (exact) mass is 354 g/mol. The van der Waals surface area contributed by atoms with Gasteiger partial charge in [-0.15, -0.1) is 0 Å². The number of anilines is 1. The fourth-order valence-corrected chi connectivity index (χ4v) is 3.58. The van der Waals surface area contributed by atoms with Crippen LogP contribution in [0.5, 0.6) is 0 Å². The summed E-state index contributed by atoms with van der Waals surface area (Å²) in [5.41, 5.74) is 1.17. The van der Waals surface area contributed by atoms with Crippen LogP contribution in [0.4, 0.5) is 5.69 Å². The topological polar surface area (TPSA) is 94.7 Å². The summed E-state index contributed by atoms with van der Waals surface area (Å²) in [5, 5.41) is 9.10. The zero-order valence-electron chi connectivity index (χ0n) is 13.2. The lowest BCUT2D eigenvalue weighted by atomic mass is 10.2. The van der Waals surface area contributed by atoms with Gasteiger partial charge in [0, 0.05) is 18.6 Å². The second-order valence-electron chi connectivity index (χ2n) is 5.43. The lowest BCUT2D eigenvalue weighted by molar-refractivity contribution is 0.601. The molecule has 25 heavy (non-hydrogen) atoms. The predicted octanol–water partition coefficient (Wildman–Crippen LogP) is 1.95. The first kappa shape index (κ1) is 15.3. The van der Waals surface area contributed by atoms with Crippen LogP contribution in [0.3, 0.4) is 0 Å². The molecule has 8 nitrogen and oxygen atoms in total. The van der Waals surface area contributed by atoms with Gasteiger partial charge >= 0.3 is 0 Å². The number of para-hydroxylation sites is 1. The highest BCUT2D eigenvalue weighted by molar-refractivity contribution is 7.92. The van der Waals surface area contributed by atoms with Crippen molar-refractivity contribution in [3.05, 3.63) is 61.2 Å². The van der Waals surface area contributed by atoms with E-state index in [0.717, 1.165) is 5.39 Å². The number of nitrogens with one attached hydrogen (secondary N) is 1. The van der Waals surface area contributed by atoms with Gasteiger partial charge in [0.15, 0.2) is 5.82 Å². The van der Waals surface area contributed by atoms with Crippen LogP contribution in [0, 0.1) is 0 Å². The van der Waals surface area contributed by atoms with Crippen molar-refractivity contribution in [2.24, 2.45) is 7.05 Å². The van der Waals surface area contributed by atoms with Crippen molar-refractivity contribution in [1.29, 1.82) is 0 Å². The first-order valence-electron chi connectivity index (χ1n) is 7.44. The lowest BCUT2D eigenvalue weighted by Gasteiger charge is -2.08. The maximum Gasteiger partial charge on any atom is 0.265 e. The van der Waals surface area contributed by atoms with Gasteiger partial charge in [-0.2, -0.15) is 10.2 Å². The van der Waals surface area contributed by atoms with Crippen molar-refractivity contribution < 1.29 is 8.42 Å². The Morgan fingerprint density at radius 3 is 2.72 bits per heavy atom. The zero-order valence-corrected chi connectivity index (χ0v) is 14.1. The van der Waals surface area contributed by atoms with Crippen LogP contribution in [0.25, 0.3) is 16.7 Å². The Balaban J connectivity index is 1.71. The molecule has 0 aliphatic carbocycles. The molecule has 4 rings (SSSR count). The first-order valence-corrected chi connectivity index (χ1v) is 8.92. The minimum atomic E-state index is -3.79. The molecule has 0 aliphatic rings. The van der Waals surface area contributed by atoms with E-state index < -0.39 is 10.0 Å². The number of hydrogen-bond acceptors (Lipinski definition) is 5. The Labute approximate surface area is 143 Å². The van der Waals surface area contributed by atoms with Gasteiger partial charge in [0.1, 0.15) is 4.90 Å². The van der Waals surface area contributed by atoms with E-state index in [1.165, 1.54) is 17.1 Å². The van der Waals surface area contributed by atoms with Crippen LogP contribution in [-0.2, 0) is 17.1 Å². The number of nitrogens with zero attached hydrogens (tertiary/aromatic N) is 5. The summed E-state index contributed by atoms with van der Waals surface area (Å²) in [5.74, 6) is 0.540. The number of benzene rings is 1. The highest BCUT2D eigenvalue weighted by Crippen LogP contribution is 2.25. The molecular weight excluding hydrogens is 340 g/mol. The van der Waals surface area contributed by atoms with Crippen molar-refractivity contribution in [1.82, 2.24) is 24.5 Å². The molecule has 4 aromatic rings. The molecule has 0 atom stereocenters. The molecule has 1 N–H and O–H groups in total. The minimum Gasteiger partial charge on any atom is -0.277 e. The fraction of sp³-hybridized carbons (Fsp3) is 0.0625. The maximum atomic E-state index is 12.7. The van der Waals surface area contributed by atoms with Gasteiger partial charge in [0.2, 0.25) is 0 Å². The summed E-state index contributed by atoms with van der Waals surface area (Å²) in [6.07, 6.45) is 6.02. The molecule has 0 fully saturated rings. The van der Waals surface area contributed by atoms with Crippen LogP contribution in [-0.4, -0.2) is 33.0 Å². The molecule has 0 bridgehead atoms. The molecule has 1 aromatic carbocycles. The zero-order chi connectivity index (χ0) is 17.4. The molecule has 0 spiro atoms. The van der Waals surface area contributed by atoms with Gasteiger partial charge in [-0.3, -0.25) is 9.40 Å². The predicted molar refractivity (Wildman–Crippen MR) is 92.9 cm³/mol. The molecule has 0 amide bonds. The number of aromatic nitrogens is 5. The van der Waals surface area contributed by atoms with Crippen molar-refractivity contribution in [2.75, 3.05) is 4.72 Å². The summed E-state index contributed by atoms with van der Waals surface area (Å²) in [4.78, 5) is 4.20. The number of pyridine rings is 1. The number of aryl methyl sites for hydroxylation is 1. The first-order chi connectivity index (χ1) is 12.0. The lowest BCUT2D eigenvalue weighted by Crippen LogP contribution is -2.13. The molecule has 0 unspecified atom stereocenters. The minimum absolute atomic E-state index is 0.0531. The van der Waals surface area contributed by atoms with Crippen LogP contribution < -0.4 is 4.72 Å². The van der Waals surface area contributed by atoms with Gasteiger partial charge in [0.05, 0.1) is 29.8 Å². The Bertz CT molecular complexity index is 1150. The fourth-order valence-electron chi connectivity index (χ4n) is 2.58. The molecule has 126 valence electrons. The molecule has 9 heteroatoms. The third-order valence-electron chi connectivity index (χ3n) is 3.76. The van der Waals surface area contributed by atoms with Gasteiger partial charge < -0.3 is 0 Å². The van der Waals surface area contributed by atoms with Gasteiger partial charge in [-0.25, -0.2) is 18.1 Å². The average Bonchev–Trinajstić information content (AvgIpc) is 3.24. The highest BCUT2D eigenvalue weighted by Gasteiger charge is 2.19. The molecule has 3 heterocycles. The number of rotatable bonds is 4. The van der Waals surface area contributed by atoms with Crippen LogP contribution in [0.15, 0.2) is 66.1 Å². The van der Waals surface area contributed by atoms with E-state index in [1.807, 2.05) is 6.07 Å². The Morgan fingerprint density at radius 1 is 1.04 bits per heavy atom. The normalized spacial score (nSPS) is 11.7. The smallest absolute Gasteiger partial charge is 0.265 e. The second-order valence-corrected chi connectivity index (χ2v) is 7.11.